The average Bonchev–Trinajstić information content (AvgIpc) is 3.28. The molecule has 0 fully saturated rings. The third-order valence-electron chi connectivity index (χ3n) is 4.23. The summed E-state index contributed by atoms with van der Waals surface area (Å²) in [6, 6.07) is 23.4. The fourth-order valence-electron chi connectivity index (χ4n) is 2.90. The number of aromatic nitrogens is 2. The molecular formula is C23H22N4O2. The lowest BCUT2D eigenvalue weighted by molar-refractivity contribution is 0.342. The van der Waals surface area contributed by atoms with Crippen molar-refractivity contribution >= 4 is 17.3 Å². The van der Waals surface area contributed by atoms with Crippen molar-refractivity contribution in [2.75, 3.05) is 17.2 Å². The minimum absolute atomic E-state index is 0.535. The zero-order valence-electron chi connectivity index (χ0n) is 16.1. The molecule has 0 amide bonds. The summed E-state index contributed by atoms with van der Waals surface area (Å²) in [6.07, 6.45) is 1.66. The van der Waals surface area contributed by atoms with Crippen molar-refractivity contribution in [2.24, 2.45) is 0 Å². The van der Waals surface area contributed by atoms with Gasteiger partial charge in [-0.05, 0) is 31.2 Å². The lowest BCUT2D eigenvalue weighted by Crippen LogP contribution is -2.05. The molecule has 0 spiro atoms. The lowest BCUT2D eigenvalue weighted by atomic mass is 10.2. The van der Waals surface area contributed by atoms with Crippen LogP contribution in [0.3, 0.4) is 0 Å². The van der Waals surface area contributed by atoms with Crippen LogP contribution < -0.4 is 15.4 Å². The first kappa shape index (κ1) is 18.6. The highest BCUT2D eigenvalue weighted by Gasteiger charge is 2.10. The maximum atomic E-state index is 5.72. The number of hydrogen-bond acceptors (Lipinski definition) is 6. The van der Waals surface area contributed by atoms with E-state index < -0.39 is 0 Å². The number of nitrogens with one attached hydrogen (secondary N) is 2. The van der Waals surface area contributed by atoms with E-state index in [4.69, 9.17) is 14.1 Å². The van der Waals surface area contributed by atoms with E-state index in [1.165, 1.54) is 0 Å². The predicted octanol–water partition coefficient (Wildman–Crippen LogP) is 5.49. The van der Waals surface area contributed by atoms with Gasteiger partial charge in [0.15, 0.2) is 5.82 Å². The van der Waals surface area contributed by atoms with E-state index in [0.29, 0.717) is 30.6 Å². The Kier molecular flexibility index (Phi) is 5.71. The van der Waals surface area contributed by atoms with Crippen LogP contribution in [-0.2, 0) is 6.54 Å². The van der Waals surface area contributed by atoms with E-state index in [9.17, 15) is 0 Å². The molecule has 0 atom stereocenters. The summed E-state index contributed by atoms with van der Waals surface area (Å²) in [5.41, 5.74) is 1.79. The second kappa shape index (κ2) is 8.93. The second-order valence-electron chi connectivity index (χ2n) is 6.32. The minimum Gasteiger partial charge on any atom is -0.492 e. The average molecular weight is 386 g/mol. The van der Waals surface area contributed by atoms with Crippen LogP contribution >= 0.6 is 0 Å². The van der Waals surface area contributed by atoms with Crippen molar-refractivity contribution in [3.8, 4) is 17.1 Å². The fourth-order valence-corrected chi connectivity index (χ4v) is 2.90. The van der Waals surface area contributed by atoms with Gasteiger partial charge in [0.1, 0.15) is 23.1 Å². The Morgan fingerprint density at radius 2 is 1.69 bits per heavy atom. The normalized spacial score (nSPS) is 10.5. The van der Waals surface area contributed by atoms with Crippen molar-refractivity contribution in [3.63, 3.8) is 0 Å². The fraction of sp³-hybridized carbons (Fsp3) is 0.130. The smallest absolute Gasteiger partial charge is 0.163 e. The number of para-hydroxylation sites is 2. The van der Waals surface area contributed by atoms with Crippen LogP contribution in [0.15, 0.2) is 83.5 Å². The predicted molar refractivity (Wildman–Crippen MR) is 114 cm³/mol. The number of nitrogens with zero attached hydrogens (tertiary/aromatic N) is 2. The molecule has 0 saturated carbocycles. The van der Waals surface area contributed by atoms with Gasteiger partial charge in [-0.25, -0.2) is 9.97 Å². The molecule has 0 radical (unpaired) electrons. The van der Waals surface area contributed by atoms with Gasteiger partial charge in [-0.1, -0.05) is 42.5 Å². The first-order valence-corrected chi connectivity index (χ1v) is 9.51. The van der Waals surface area contributed by atoms with Crippen LogP contribution in [0.5, 0.6) is 5.75 Å². The highest BCUT2D eigenvalue weighted by molar-refractivity contribution is 5.68. The van der Waals surface area contributed by atoms with Crippen molar-refractivity contribution < 1.29 is 9.15 Å². The van der Waals surface area contributed by atoms with Gasteiger partial charge in [0.25, 0.3) is 0 Å². The molecule has 29 heavy (non-hydrogen) atoms. The highest BCUT2D eigenvalue weighted by Crippen LogP contribution is 2.29. The monoisotopic (exact) mass is 386 g/mol. The van der Waals surface area contributed by atoms with Crippen molar-refractivity contribution in [1.29, 1.82) is 0 Å². The van der Waals surface area contributed by atoms with Gasteiger partial charge in [-0.2, -0.15) is 0 Å². The molecule has 146 valence electrons. The number of anilines is 3. The Bertz CT molecular complexity index is 1050. The van der Waals surface area contributed by atoms with Gasteiger partial charge in [0, 0.05) is 11.6 Å². The Labute approximate surface area is 169 Å². The molecule has 2 N–H and O–H groups in total. The van der Waals surface area contributed by atoms with Gasteiger partial charge in [0.05, 0.1) is 25.1 Å². The largest absolute Gasteiger partial charge is 0.492 e. The molecule has 0 unspecified atom stereocenters. The summed E-state index contributed by atoms with van der Waals surface area (Å²) >= 11 is 0. The third-order valence-corrected chi connectivity index (χ3v) is 4.23. The minimum atomic E-state index is 0.535. The molecule has 0 bridgehead atoms. The van der Waals surface area contributed by atoms with Gasteiger partial charge < -0.3 is 19.8 Å². The first-order valence-electron chi connectivity index (χ1n) is 9.51. The Balaban J connectivity index is 1.66. The van der Waals surface area contributed by atoms with Crippen LogP contribution in [0.2, 0.25) is 0 Å². The maximum Gasteiger partial charge on any atom is 0.163 e. The summed E-state index contributed by atoms with van der Waals surface area (Å²) in [6.45, 7) is 3.09. The summed E-state index contributed by atoms with van der Waals surface area (Å²) in [4.78, 5) is 9.37. The molecule has 0 aliphatic heterocycles. The molecule has 0 saturated heterocycles. The van der Waals surface area contributed by atoms with Crippen LogP contribution in [0, 0.1) is 0 Å². The molecule has 2 heterocycles. The quantitative estimate of drug-likeness (QED) is 0.417. The molecule has 4 rings (SSSR count). The zero-order valence-corrected chi connectivity index (χ0v) is 16.1. The Morgan fingerprint density at radius 1 is 0.897 bits per heavy atom. The SMILES string of the molecule is CCOc1ccccc1Nc1cc(NCc2ccco2)nc(-c2ccccc2)n1. The van der Waals surface area contributed by atoms with Crippen LogP contribution in [0.1, 0.15) is 12.7 Å². The number of hydrogen-bond donors (Lipinski definition) is 2. The zero-order chi connectivity index (χ0) is 19.9. The number of rotatable bonds is 8. The standard InChI is InChI=1S/C23H22N4O2/c1-2-28-20-13-7-6-12-19(20)25-22-15-21(24-16-18-11-8-14-29-18)26-23(27-22)17-9-4-3-5-10-17/h3-15H,2,16H2,1H3,(H2,24,25,26,27). The van der Waals surface area contributed by atoms with Crippen LogP contribution in [0.25, 0.3) is 11.4 Å². The first-order chi connectivity index (χ1) is 14.3. The molecular weight excluding hydrogens is 364 g/mol. The Hall–Kier alpha value is -3.80. The van der Waals surface area contributed by atoms with Crippen molar-refractivity contribution in [2.45, 2.75) is 13.5 Å². The summed E-state index contributed by atoms with van der Waals surface area (Å²) in [5.74, 6) is 3.62. The summed E-state index contributed by atoms with van der Waals surface area (Å²) in [7, 11) is 0. The summed E-state index contributed by atoms with van der Waals surface area (Å²) in [5, 5.41) is 6.67. The number of benzene rings is 2. The maximum absolute atomic E-state index is 5.72. The lowest BCUT2D eigenvalue weighted by Gasteiger charge is -2.14. The van der Waals surface area contributed by atoms with Gasteiger partial charge in [-0.15, -0.1) is 0 Å². The topological polar surface area (TPSA) is 72.2 Å². The van der Waals surface area contributed by atoms with E-state index in [1.54, 1.807) is 6.26 Å². The van der Waals surface area contributed by atoms with E-state index in [2.05, 4.69) is 15.6 Å². The van der Waals surface area contributed by atoms with Gasteiger partial charge in [-0.3, -0.25) is 0 Å². The number of ether oxygens (including phenoxy) is 1. The van der Waals surface area contributed by atoms with E-state index in [-0.39, 0.29) is 0 Å². The molecule has 2 aromatic heterocycles. The number of furan rings is 1. The van der Waals surface area contributed by atoms with E-state index in [0.717, 1.165) is 22.8 Å². The van der Waals surface area contributed by atoms with Crippen molar-refractivity contribution in [3.05, 3.63) is 84.8 Å². The highest BCUT2D eigenvalue weighted by atomic mass is 16.5. The molecule has 0 aliphatic rings. The molecule has 0 aliphatic carbocycles. The third kappa shape index (κ3) is 4.73. The van der Waals surface area contributed by atoms with Gasteiger partial charge in [0.2, 0.25) is 0 Å². The van der Waals surface area contributed by atoms with Crippen molar-refractivity contribution in [1.82, 2.24) is 9.97 Å². The Morgan fingerprint density at radius 3 is 2.48 bits per heavy atom. The van der Waals surface area contributed by atoms with Gasteiger partial charge >= 0.3 is 0 Å². The summed E-state index contributed by atoms with van der Waals surface area (Å²) < 4.78 is 11.1. The second-order valence-corrected chi connectivity index (χ2v) is 6.32. The van der Waals surface area contributed by atoms with Crippen LogP contribution in [-0.4, -0.2) is 16.6 Å². The molecule has 6 nitrogen and oxygen atoms in total. The van der Waals surface area contributed by atoms with Crippen LogP contribution in [0.4, 0.5) is 17.3 Å². The molecule has 2 aromatic carbocycles. The molecule has 4 aromatic rings. The van der Waals surface area contributed by atoms with E-state index >= 15 is 0 Å². The van der Waals surface area contributed by atoms with E-state index in [1.807, 2.05) is 79.7 Å². The molecule has 6 heteroatoms.